The molecule has 6 nitrogen and oxygen atoms in total. The van der Waals surface area contributed by atoms with E-state index in [0.717, 1.165) is 4.90 Å². The van der Waals surface area contributed by atoms with Crippen molar-refractivity contribution in [1.82, 2.24) is 10.2 Å². The van der Waals surface area contributed by atoms with Crippen molar-refractivity contribution in [2.45, 2.75) is 96.3 Å². The lowest BCUT2D eigenvalue weighted by Crippen LogP contribution is -2.52. The molecule has 0 unspecified atom stereocenters. The van der Waals surface area contributed by atoms with Crippen LogP contribution in [-0.2, 0) is 20.5 Å². The number of benzene rings is 1. The van der Waals surface area contributed by atoms with Gasteiger partial charge in [-0.1, -0.05) is 44.5 Å². The van der Waals surface area contributed by atoms with E-state index in [1.165, 1.54) is 12.1 Å². The fraction of sp³-hybridized carbons (Fsp3) is 0.667. The lowest BCUT2D eigenvalue weighted by Gasteiger charge is -2.39. The predicted molar refractivity (Wildman–Crippen MR) is 132 cm³/mol. The first-order chi connectivity index (χ1) is 15.4. The van der Waals surface area contributed by atoms with Gasteiger partial charge in [0.25, 0.3) is 0 Å². The molecule has 1 aliphatic heterocycles. The van der Waals surface area contributed by atoms with Crippen LogP contribution in [0.25, 0.3) is 0 Å². The Morgan fingerprint density at radius 1 is 1.21 bits per heavy atom. The summed E-state index contributed by atoms with van der Waals surface area (Å²) in [6, 6.07) is 3.33. The molecule has 10 heteroatoms. The number of amides is 2. The van der Waals surface area contributed by atoms with E-state index in [-0.39, 0.29) is 35.1 Å². The van der Waals surface area contributed by atoms with E-state index < -0.39 is 50.5 Å². The second kappa shape index (κ2) is 10.1. The smallest absolute Gasteiger partial charge is 0.411 e. The summed E-state index contributed by atoms with van der Waals surface area (Å²) in [5, 5.41) is 2.49. The van der Waals surface area contributed by atoms with E-state index in [1.54, 1.807) is 40.7 Å². The third kappa shape index (κ3) is 7.15. The molecule has 1 aromatic rings. The van der Waals surface area contributed by atoms with Gasteiger partial charge in [-0.15, -0.1) is 0 Å². The van der Waals surface area contributed by atoms with E-state index in [9.17, 15) is 14.0 Å². The highest BCUT2D eigenvalue weighted by atomic mass is 35.5. The number of likely N-dealkylation sites (tertiary alicyclic amines) is 1. The van der Waals surface area contributed by atoms with Crippen LogP contribution in [0.1, 0.15) is 67.4 Å². The average Bonchev–Trinajstić information content (AvgIpc) is 3.06. The number of alkyl halides is 1. The number of ether oxygens (including phenoxy) is 1. The SMILES string of the molecule is CC(C)(C)OC(=O)N1C[C@@](F)(C(C)(C)O[SiH2]C(C)(C)C)C[C@H]1C(=O)NCc1cccc(Cl)c1F. The van der Waals surface area contributed by atoms with Crippen LogP contribution >= 0.6 is 11.6 Å². The molecule has 1 saturated heterocycles. The van der Waals surface area contributed by atoms with E-state index >= 15 is 4.39 Å². The Balaban J connectivity index is 2.27. The van der Waals surface area contributed by atoms with Crippen LogP contribution in [0.3, 0.4) is 0 Å². The second-order valence-corrected chi connectivity index (χ2v) is 14.7. The molecule has 1 aliphatic rings. The van der Waals surface area contributed by atoms with Crippen LogP contribution in [0, 0.1) is 5.82 Å². The number of nitrogens with one attached hydrogen (secondary N) is 1. The van der Waals surface area contributed by atoms with Crippen molar-refractivity contribution in [1.29, 1.82) is 0 Å². The molecule has 192 valence electrons. The Kier molecular flexibility index (Phi) is 8.48. The molecular formula is C24H37ClF2N2O4Si. The lowest BCUT2D eigenvalue weighted by atomic mass is 9.85. The van der Waals surface area contributed by atoms with Gasteiger partial charge in [0.2, 0.25) is 5.91 Å². The number of rotatable bonds is 6. The van der Waals surface area contributed by atoms with Crippen LogP contribution in [0.15, 0.2) is 18.2 Å². The maximum absolute atomic E-state index is 16.4. The summed E-state index contributed by atoms with van der Waals surface area (Å²) in [6.07, 6.45) is -1.05. The molecule has 1 N–H and O–H groups in total. The highest BCUT2D eigenvalue weighted by molar-refractivity contribution is 6.32. The maximum atomic E-state index is 16.4. The number of nitrogens with zero attached hydrogens (tertiary/aromatic N) is 1. The molecule has 2 atom stereocenters. The highest BCUT2D eigenvalue weighted by Crippen LogP contribution is 2.42. The van der Waals surface area contributed by atoms with Gasteiger partial charge < -0.3 is 14.5 Å². The molecule has 0 spiro atoms. The van der Waals surface area contributed by atoms with Crippen LogP contribution in [-0.4, -0.2) is 56.1 Å². The van der Waals surface area contributed by atoms with Crippen molar-refractivity contribution in [3.63, 3.8) is 0 Å². The van der Waals surface area contributed by atoms with Gasteiger partial charge in [-0.2, -0.15) is 0 Å². The number of carbonyl (C=O) groups excluding carboxylic acids is 2. The Morgan fingerprint density at radius 3 is 2.38 bits per heavy atom. The van der Waals surface area contributed by atoms with Crippen LogP contribution in [0.2, 0.25) is 10.1 Å². The number of halogens is 3. The van der Waals surface area contributed by atoms with Crippen molar-refractivity contribution in [3.8, 4) is 0 Å². The number of hydrogen-bond acceptors (Lipinski definition) is 4. The minimum absolute atomic E-state index is 0.0606. The summed E-state index contributed by atoms with van der Waals surface area (Å²) in [5.41, 5.74) is -3.84. The van der Waals surface area contributed by atoms with Crippen molar-refractivity contribution in [2.24, 2.45) is 0 Å². The van der Waals surface area contributed by atoms with E-state index in [1.807, 2.05) is 20.8 Å². The molecule has 34 heavy (non-hydrogen) atoms. The van der Waals surface area contributed by atoms with Gasteiger partial charge in [0.05, 0.1) is 17.2 Å². The quantitative estimate of drug-likeness (QED) is 0.543. The number of hydrogen-bond donors (Lipinski definition) is 1. The summed E-state index contributed by atoms with van der Waals surface area (Å²) in [7, 11) is -1.11. The fourth-order valence-electron chi connectivity index (χ4n) is 3.56. The largest absolute Gasteiger partial charge is 0.444 e. The zero-order chi connectivity index (χ0) is 26.1. The highest BCUT2D eigenvalue weighted by Gasteiger charge is 2.58. The molecule has 0 saturated carbocycles. The standard InChI is InChI=1S/C24H37ClF2N2O4Si/c1-21(2,3)32-20(31)29-14-24(27,23(7,8)33-34-22(4,5)6)12-17(29)19(30)28-13-15-10-9-11-16(25)18(15)26/h9-11,17H,12-14,34H2,1-8H3,(H,28,30)/t17-,24+/m0/s1. The van der Waals surface area contributed by atoms with E-state index in [0.29, 0.717) is 0 Å². The zero-order valence-corrected chi connectivity index (χ0v) is 23.5. The van der Waals surface area contributed by atoms with Gasteiger partial charge in [-0.05, 0) is 45.7 Å². The van der Waals surface area contributed by atoms with Crippen LogP contribution in [0.5, 0.6) is 0 Å². The van der Waals surface area contributed by atoms with Crippen LogP contribution in [0.4, 0.5) is 13.6 Å². The summed E-state index contributed by atoms with van der Waals surface area (Å²) < 4.78 is 42.2. The molecule has 0 radical (unpaired) electrons. The van der Waals surface area contributed by atoms with Gasteiger partial charge in [-0.25, -0.2) is 13.6 Å². The third-order valence-electron chi connectivity index (χ3n) is 5.67. The first-order valence-corrected chi connectivity index (χ1v) is 13.0. The monoisotopic (exact) mass is 518 g/mol. The summed E-state index contributed by atoms with van der Waals surface area (Å²) >= 11 is 5.81. The molecule has 0 bridgehead atoms. The summed E-state index contributed by atoms with van der Waals surface area (Å²) in [6.45, 7) is 14.0. The van der Waals surface area contributed by atoms with Crippen molar-refractivity contribution in [3.05, 3.63) is 34.6 Å². The van der Waals surface area contributed by atoms with Gasteiger partial charge in [0.1, 0.15) is 17.5 Å². The first-order valence-electron chi connectivity index (χ1n) is 11.4. The minimum Gasteiger partial charge on any atom is -0.444 e. The Morgan fingerprint density at radius 2 is 1.82 bits per heavy atom. The van der Waals surface area contributed by atoms with Crippen molar-refractivity contribution in [2.75, 3.05) is 6.54 Å². The zero-order valence-electron chi connectivity index (χ0n) is 21.4. The first kappa shape index (κ1) is 28.5. The molecular weight excluding hydrogens is 482 g/mol. The minimum atomic E-state index is -1.98. The van der Waals surface area contributed by atoms with Gasteiger partial charge in [0.15, 0.2) is 15.4 Å². The van der Waals surface area contributed by atoms with Crippen LogP contribution < -0.4 is 5.32 Å². The normalized spacial score (nSPS) is 21.9. The third-order valence-corrected chi connectivity index (χ3v) is 7.70. The van der Waals surface area contributed by atoms with Crippen molar-refractivity contribution >= 4 is 33.4 Å². The Bertz CT molecular complexity index is 917. The Hall–Kier alpha value is -1.71. The molecule has 0 aromatic heterocycles. The molecule has 0 aliphatic carbocycles. The molecule has 2 amide bonds. The lowest BCUT2D eigenvalue weighted by molar-refractivity contribution is -0.125. The molecule has 1 fully saturated rings. The Labute approximate surface area is 208 Å². The summed E-state index contributed by atoms with van der Waals surface area (Å²) in [5.74, 6) is -1.24. The van der Waals surface area contributed by atoms with Gasteiger partial charge in [0, 0.05) is 18.5 Å². The van der Waals surface area contributed by atoms with E-state index in [2.05, 4.69) is 5.32 Å². The molecule has 2 rings (SSSR count). The average molecular weight is 519 g/mol. The molecule has 1 heterocycles. The summed E-state index contributed by atoms with van der Waals surface area (Å²) in [4.78, 5) is 27.2. The second-order valence-electron chi connectivity index (χ2n) is 11.6. The fourth-order valence-corrected chi connectivity index (χ4v) is 4.80. The van der Waals surface area contributed by atoms with E-state index in [4.69, 9.17) is 20.8 Å². The van der Waals surface area contributed by atoms with Gasteiger partial charge in [-0.3, -0.25) is 9.69 Å². The number of carbonyl (C=O) groups is 2. The maximum Gasteiger partial charge on any atom is 0.411 e. The van der Waals surface area contributed by atoms with Gasteiger partial charge >= 0.3 is 6.09 Å². The van der Waals surface area contributed by atoms with Crippen molar-refractivity contribution < 1.29 is 27.5 Å². The predicted octanol–water partition coefficient (Wildman–Crippen LogP) is 4.91. The topological polar surface area (TPSA) is 67.9 Å². The molecule has 1 aromatic carbocycles.